The third-order valence-corrected chi connectivity index (χ3v) is 3.96. The maximum absolute atomic E-state index is 12.5. The topological polar surface area (TPSA) is 30.0 Å². The fourth-order valence-corrected chi connectivity index (χ4v) is 2.94. The molecule has 104 valence electrons. The van der Waals surface area contributed by atoms with Crippen LogP contribution >= 0.6 is 23.2 Å². The predicted molar refractivity (Wildman–Crippen MR) is 86.2 cm³/mol. The second kappa shape index (κ2) is 5.84. The molecule has 0 fully saturated rings. The Bertz CT molecular complexity index is 804. The Hall–Kier alpha value is -1.90. The molecule has 0 aliphatic heterocycles. The Balaban J connectivity index is 2.01. The van der Waals surface area contributed by atoms with E-state index in [0.717, 1.165) is 16.5 Å². The molecule has 0 N–H and O–H groups in total. The molecule has 1 aromatic heterocycles. The zero-order valence-electron chi connectivity index (χ0n) is 11.0. The fourth-order valence-electron chi connectivity index (χ4n) is 2.33. The van der Waals surface area contributed by atoms with Gasteiger partial charge < -0.3 is 0 Å². The third kappa shape index (κ3) is 2.78. The number of fused-ring (bicyclic) bond motifs is 1. The fraction of sp³-hybridized carbons (Fsp3) is 0.0588. The first-order chi connectivity index (χ1) is 10.2. The predicted octanol–water partition coefficient (Wildman–Crippen LogP) is 4.97. The summed E-state index contributed by atoms with van der Waals surface area (Å²) < 4.78 is 0. The lowest BCUT2D eigenvalue weighted by atomic mass is 10.00. The summed E-state index contributed by atoms with van der Waals surface area (Å²) in [5.41, 5.74) is 2.16. The highest BCUT2D eigenvalue weighted by Crippen LogP contribution is 2.27. The molecule has 0 radical (unpaired) electrons. The van der Waals surface area contributed by atoms with Gasteiger partial charge in [0.25, 0.3) is 0 Å². The third-order valence-electron chi connectivity index (χ3n) is 3.33. The lowest BCUT2D eigenvalue weighted by molar-refractivity contribution is 0.0993. The summed E-state index contributed by atoms with van der Waals surface area (Å²) in [7, 11) is 0. The van der Waals surface area contributed by atoms with Crippen LogP contribution in [0.1, 0.15) is 15.9 Å². The number of rotatable bonds is 3. The van der Waals surface area contributed by atoms with Crippen LogP contribution in [0.5, 0.6) is 0 Å². The minimum atomic E-state index is -0.0954. The van der Waals surface area contributed by atoms with Gasteiger partial charge in [-0.1, -0.05) is 47.5 Å². The Kier molecular flexibility index (Phi) is 3.91. The number of ketones is 1. The molecule has 0 unspecified atom stereocenters. The lowest BCUT2D eigenvalue weighted by Crippen LogP contribution is -2.06. The molecule has 2 nitrogen and oxygen atoms in total. The van der Waals surface area contributed by atoms with Crippen LogP contribution in [0.4, 0.5) is 0 Å². The molecule has 0 aliphatic rings. The average Bonchev–Trinajstić information content (AvgIpc) is 2.47. The highest BCUT2D eigenvalue weighted by molar-refractivity contribution is 6.39. The molecule has 3 aromatic rings. The highest BCUT2D eigenvalue weighted by atomic mass is 35.5. The van der Waals surface area contributed by atoms with Gasteiger partial charge in [-0.15, -0.1) is 0 Å². The molecular formula is C17H11Cl2NO. The van der Waals surface area contributed by atoms with Crippen LogP contribution in [0.2, 0.25) is 10.0 Å². The first-order valence-electron chi connectivity index (χ1n) is 6.46. The van der Waals surface area contributed by atoms with Crippen LogP contribution in [0.3, 0.4) is 0 Å². The second-order valence-electron chi connectivity index (χ2n) is 4.68. The van der Waals surface area contributed by atoms with Gasteiger partial charge in [-0.05, 0) is 29.8 Å². The molecule has 21 heavy (non-hydrogen) atoms. The van der Waals surface area contributed by atoms with Gasteiger partial charge in [0.2, 0.25) is 0 Å². The quantitative estimate of drug-likeness (QED) is 0.639. The number of carbonyl (C=O) groups excluding carboxylic acids is 1. The van der Waals surface area contributed by atoms with E-state index in [1.807, 2.05) is 30.3 Å². The van der Waals surface area contributed by atoms with Gasteiger partial charge in [0.1, 0.15) is 0 Å². The van der Waals surface area contributed by atoms with E-state index in [0.29, 0.717) is 15.6 Å². The smallest absolute Gasteiger partial charge is 0.170 e. The molecule has 3 rings (SSSR count). The molecule has 0 spiro atoms. The number of pyridine rings is 1. The normalized spacial score (nSPS) is 10.8. The summed E-state index contributed by atoms with van der Waals surface area (Å²) in [5, 5.41) is 1.73. The van der Waals surface area contributed by atoms with Crippen molar-refractivity contribution in [1.82, 2.24) is 4.98 Å². The highest BCUT2D eigenvalue weighted by Gasteiger charge is 2.16. The number of hydrogen-bond acceptors (Lipinski definition) is 2. The molecular weight excluding hydrogens is 305 g/mol. The van der Waals surface area contributed by atoms with Crippen LogP contribution < -0.4 is 0 Å². The van der Waals surface area contributed by atoms with Crippen molar-refractivity contribution in [1.29, 1.82) is 0 Å². The first kappa shape index (κ1) is 14.1. The van der Waals surface area contributed by atoms with Crippen LogP contribution in [0.15, 0.2) is 54.7 Å². The standard InChI is InChI=1S/C17H11Cl2NO/c18-13-5-3-6-14(19)17(13)16(21)10-11-8-9-20-15-7-2-1-4-12(11)15/h1-9H,10H2. The largest absolute Gasteiger partial charge is 0.294 e. The van der Waals surface area contributed by atoms with Gasteiger partial charge in [-0.25, -0.2) is 0 Å². The SMILES string of the molecule is O=C(Cc1ccnc2ccccc12)c1c(Cl)cccc1Cl. The van der Waals surface area contributed by atoms with E-state index in [9.17, 15) is 4.79 Å². The number of hydrogen-bond donors (Lipinski definition) is 0. The minimum Gasteiger partial charge on any atom is -0.294 e. The Morgan fingerprint density at radius 3 is 2.43 bits per heavy atom. The molecule has 0 bridgehead atoms. The van der Waals surface area contributed by atoms with Gasteiger partial charge in [0.15, 0.2) is 5.78 Å². The Morgan fingerprint density at radius 2 is 1.67 bits per heavy atom. The number of aromatic nitrogens is 1. The van der Waals surface area contributed by atoms with E-state index in [2.05, 4.69) is 4.98 Å². The summed E-state index contributed by atoms with van der Waals surface area (Å²) in [6.07, 6.45) is 1.95. The van der Waals surface area contributed by atoms with Crippen molar-refractivity contribution < 1.29 is 4.79 Å². The molecule has 0 amide bonds. The number of Topliss-reactive ketones (excluding diaryl/α,β-unsaturated/α-hetero) is 1. The van der Waals surface area contributed by atoms with E-state index < -0.39 is 0 Å². The van der Waals surface area contributed by atoms with E-state index in [1.54, 1.807) is 24.4 Å². The Morgan fingerprint density at radius 1 is 0.952 bits per heavy atom. The van der Waals surface area contributed by atoms with E-state index in [4.69, 9.17) is 23.2 Å². The summed E-state index contributed by atoms with van der Waals surface area (Å²) in [6.45, 7) is 0. The van der Waals surface area contributed by atoms with Crippen molar-refractivity contribution >= 4 is 39.9 Å². The lowest BCUT2D eigenvalue weighted by Gasteiger charge is -2.08. The van der Waals surface area contributed by atoms with Crippen molar-refractivity contribution in [2.75, 3.05) is 0 Å². The van der Waals surface area contributed by atoms with Crippen LogP contribution in [-0.4, -0.2) is 10.8 Å². The summed E-state index contributed by atoms with van der Waals surface area (Å²) in [5.74, 6) is -0.0954. The van der Waals surface area contributed by atoms with Crippen molar-refractivity contribution in [3.05, 3.63) is 75.9 Å². The van der Waals surface area contributed by atoms with Gasteiger partial charge in [-0.3, -0.25) is 9.78 Å². The van der Waals surface area contributed by atoms with Gasteiger partial charge in [-0.2, -0.15) is 0 Å². The zero-order chi connectivity index (χ0) is 14.8. The van der Waals surface area contributed by atoms with Crippen molar-refractivity contribution in [3.8, 4) is 0 Å². The maximum atomic E-state index is 12.5. The van der Waals surface area contributed by atoms with Crippen LogP contribution in [0, 0.1) is 0 Å². The monoisotopic (exact) mass is 315 g/mol. The maximum Gasteiger partial charge on any atom is 0.170 e. The first-order valence-corrected chi connectivity index (χ1v) is 7.22. The number of nitrogens with zero attached hydrogens (tertiary/aromatic N) is 1. The van der Waals surface area contributed by atoms with Crippen LogP contribution in [-0.2, 0) is 6.42 Å². The average molecular weight is 316 g/mol. The van der Waals surface area contributed by atoms with Gasteiger partial charge in [0, 0.05) is 18.0 Å². The summed E-state index contributed by atoms with van der Waals surface area (Å²) in [4.78, 5) is 16.8. The van der Waals surface area contributed by atoms with Gasteiger partial charge in [0.05, 0.1) is 21.1 Å². The summed E-state index contributed by atoms with van der Waals surface area (Å²) >= 11 is 12.2. The molecule has 0 aliphatic carbocycles. The molecule has 0 saturated carbocycles. The van der Waals surface area contributed by atoms with Gasteiger partial charge >= 0.3 is 0 Å². The van der Waals surface area contributed by atoms with E-state index in [1.165, 1.54) is 0 Å². The van der Waals surface area contributed by atoms with Crippen molar-refractivity contribution in [2.24, 2.45) is 0 Å². The molecule has 0 saturated heterocycles. The number of benzene rings is 2. The van der Waals surface area contributed by atoms with E-state index >= 15 is 0 Å². The second-order valence-corrected chi connectivity index (χ2v) is 5.50. The molecule has 4 heteroatoms. The molecule has 2 aromatic carbocycles. The van der Waals surface area contributed by atoms with Crippen molar-refractivity contribution in [2.45, 2.75) is 6.42 Å². The molecule has 1 heterocycles. The number of carbonyl (C=O) groups is 1. The Labute approximate surface area is 132 Å². The minimum absolute atomic E-state index is 0.0954. The number of halogens is 2. The van der Waals surface area contributed by atoms with Crippen molar-refractivity contribution in [3.63, 3.8) is 0 Å². The zero-order valence-corrected chi connectivity index (χ0v) is 12.5. The molecule has 0 atom stereocenters. The van der Waals surface area contributed by atoms with Crippen LogP contribution in [0.25, 0.3) is 10.9 Å². The van der Waals surface area contributed by atoms with E-state index in [-0.39, 0.29) is 12.2 Å². The summed E-state index contributed by atoms with van der Waals surface area (Å²) in [6, 6.07) is 14.7. The number of para-hydroxylation sites is 1.